The van der Waals surface area contributed by atoms with Crippen molar-refractivity contribution in [3.05, 3.63) is 23.8 Å². The van der Waals surface area contributed by atoms with E-state index >= 15 is 0 Å². The van der Waals surface area contributed by atoms with Gasteiger partial charge in [0, 0.05) is 6.42 Å². The molecule has 0 aliphatic carbocycles. The number of aliphatic carboxylic acids is 1. The second-order valence-electron chi connectivity index (χ2n) is 2.64. The highest BCUT2D eigenvalue weighted by Crippen LogP contribution is 2.35. The molecular weight excluding hydrogens is 193 g/mol. The van der Waals surface area contributed by atoms with Gasteiger partial charge in [-0.2, -0.15) is 0 Å². The lowest BCUT2D eigenvalue weighted by Crippen LogP contribution is -2.45. The molecule has 0 fully saturated rings. The summed E-state index contributed by atoms with van der Waals surface area (Å²) in [6.07, 6.45) is 1.76. The van der Waals surface area contributed by atoms with Crippen LogP contribution in [0.25, 0.3) is 0 Å². The van der Waals surface area contributed by atoms with E-state index in [4.69, 9.17) is 5.11 Å². The van der Waals surface area contributed by atoms with Crippen LogP contribution in [0.5, 0.6) is 0 Å². The molecule has 0 aromatic rings. The van der Waals surface area contributed by atoms with Gasteiger partial charge < -0.3 is 10.4 Å². The van der Waals surface area contributed by atoms with Crippen molar-refractivity contribution in [1.82, 2.24) is 5.32 Å². The molecule has 1 unspecified atom stereocenters. The first-order valence-electron chi connectivity index (χ1n) is 3.70. The van der Waals surface area contributed by atoms with E-state index in [1.165, 1.54) is 11.5 Å². The molecule has 1 aliphatic heterocycles. The first-order valence-corrected chi connectivity index (χ1v) is 4.58. The Morgan fingerprint density at radius 2 is 2.62 bits per heavy atom. The minimum absolute atomic E-state index is 0.257. The number of thioether (sulfide) groups is 1. The predicted octanol–water partition coefficient (Wildman–Crippen LogP) is 1.49. The molecule has 0 aromatic heterocycles. The molecule has 5 heteroatoms. The molecule has 1 rings (SSSR count). The van der Waals surface area contributed by atoms with Gasteiger partial charge in [0.25, 0.3) is 0 Å². The second-order valence-corrected chi connectivity index (χ2v) is 3.81. The van der Waals surface area contributed by atoms with E-state index in [-0.39, 0.29) is 6.42 Å². The van der Waals surface area contributed by atoms with Gasteiger partial charge in [-0.25, -0.2) is 9.18 Å². The normalized spacial score (nSPS) is 26.4. The van der Waals surface area contributed by atoms with Crippen LogP contribution in [-0.4, -0.2) is 22.6 Å². The lowest BCUT2D eigenvalue weighted by molar-refractivity contribution is -0.140. The summed E-state index contributed by atoms with van der Waals surface area (Å²) in [5.41, 5.74) is 0.314. The zero-order valence-electron chi connectivity index (χ0n) is 6.92. The fraction of sp³-hybridized carbons (Fsp3) is 0.375. The highest BCUT2D eigenvalue weighted by molar-refractivity contribution is 8.04. The van der Waals surface area contributed by atoms with E-state index in [1.807, 2.05) is 0 Å². The Morgan fingerprint density at radius 3 is 3.00 bits per heavy atom. The third kappa shape index (κ3) is 1.85. The summed E-state index contributed by atoms with van der Waals surface area (Å²) in [7, 11) is 0. The summed E-state index contributed by atoms with van der Waals surface area (Å²) in [5, 5.41) is 13.1. The van der Waals surface area contributed by atoms with Crippen molar-refractivity contribution >= 4 is 17.7 Å². The lowest BCUT2D eigenvalue weighted by atomic mass is 10.2. The Balaban J connectivity index is 2.75. The fourth-order valence-electron chi connectivity index (χ4n) is 1.05. The van der Waals surface area contributed by atoms with Gasteiger partial charge in [0.2, 0.25) is 0 Å². The van der Waals surface area contributed by atoms with E-state index < -0.39 is 17.5 Å². The van der Waals surface area contributed by atoms with Gasteiger partial charge in [-0.3, -0.25) is 0 Å². The molecule has 0 amide bonds. The van der Waals surface area contributed by atoms with Crippen LogP contribution in [-0.2, 0) is 4.79 Å². The zero-order valence-corrected chi connectivity index (χ0v) is 7.73. The van der Waals surface area contributed by atoms with Gasteiger partial charge in [-0.15, -0.1) is 6.58 Å². The average molecular weight is 203 g/mol. The van der Waals surface area contributed by atoms with Crippen LogP contribution >= 0.6 is 11.8 Å². The minimum Gasteiger partial charge on any atom is -0.479 e. The molecule has 1 heterocycles. The molecule has 0 saturated heterocycles. The van der Waals surface area contributed by atoms with E-state index in [1.54, 1.807) is 0 Å². The van der Waals surface area contributed by atoms with Gasteiger partial charge in [-0.05, 0) is 5.41 Å². The standard InChI is InChI=1S/C8H10FNO2S/c1-2-3-8(7(11)12)10-6(4-9)5-13-8/h2,5,10H,1,3-4H2,(H,11,12). The SMILES string of the molecule is C=CCC1(C(=O)O)NC(CF)=CS1. The number of rotatable bonds is 4. The van der Waals surface area contributed by atoms with Gasteiger partial charge >= 0.3 is 5.97 Å². The van der Waals surface area contributed by atoms with Crippen molar-refractivity contribution in [2.75, 3.05) is 6.67 Å². The summed E-state index contributed by atoms with van der Waals surface area (Å²) < 4.78 is 12.2. The minimum atomic E-state index is -1.15. The Morgan fingerprint density at radius 1 is 1.92 bits per heavy atom. The Kier molecular flexibility index (Phi) is 2.98. The first-order chi connectivity index (χ1) is 6.14. The van der Waals surface area contributed by atoms with Crippen molar-refractivity contribution in [2.45, 2.75) is 11.3 Å². The Hall–Kier alpha value is -0.970. The summed E-state index contributed by atoms with van der Waals surface area (Å²) in [4.78, 5) is 9.74. The molecule has 0 spiro atoms. The third-order valence-electron chi connectivity index (χ3n) is 1.69. The number of hydrogen-bond acceptors (Lipinski definition) is 3. The molecular formula is C8H10FNO2S. The number of carbonyl (C=O) groups is 1. The quantitative estimate of drug-likeness (QED) is 0.680. The monoisotopic (exact) mass is 203 g/mol. The predicted molar refractivity (Wildman–Crippen MR) is 50.0 cm³/mol. The molecule has 2 N–H and O–H groups in total. The van der Waals surface area contributed by atoms with E-state index in [0.29, 0.717) is 5.70 Å². The number of nitrogens with one attached hydrogen (secondary N) is 1. The summed E-state index contributed by atoms with van der Waals surface area (Å²) in [6.45, 7) is 2.80. The maximum absolute atomic E-state index is 12.2. The van der Waals surface area contributed by atoms with Crippen molar-refractivity contribution in [3.63, 3.8) is 0 Å². The van der Waals surface area contributed by atoms with Crippen molar-refractivity contribution in [3.8, 4) is 0 Å². The number of carboxylic acid groups (broad SMARTS) is 1. The first kappa shape index (κ1) is 10.1. The maximum Gasteiger partial charge on any atom is 0.340 e. The number of hydrogen-bond donors (Lipinski definition) is 2. The van der Waals surface area contributed by atoms with Crippen LogP contribution in [0.4, 0.5) is 4.39 Å². The number of carboxylic acids is 1. The van der Waals surface area contributed by atoms with Gasteiger partial charge in [0.1, 0.15) is 6.67 Å². The number of halogens is 1. The van der Waals surface area contributed by atoms with Crippen LogP contribution in [0.3, 0.4) is 0 Å². The summed E-state index contributed by atoms with van der Waals surface area (Å²) >= 11 is 1.07. The molecule has 1 atom stereocenters. The van der Waals surface area contributed by atoms with Crippen LogP contribution in [0, 0.1) is 0 Å². The van der Waals surface area contributed by atoms with Crippen molar-refractivity contribution < 1.29 is 14.3 Å². The van der Waals surface area contributed by atoms with E-state index in [0.717, 1.165) is 11.8 Å². The second kappa shape index (κ2) is 3.83. The molecule has 0 bridgehead atoms. The van der Waals surface area contributed by atoms with Crippen LogP contribution in [0.1, 0.15) is 6.42 Å². The third-order valence-corrected chi connectivity index (χ3v) is 2.93. The molecule has 3 nitrogen and oxygen atoms in total. The largest absolute Gasteiger partial charge is 0.479 e. The molecule has 0 saturated carbocycles. The number of alkyl halides is 1. The summed E-state index contributed by atoms with van der Waals surface area (Å²) in [6, 6.07) is 0. The van der Waals surface area contributed by atoms with Crippen molar-refractivity contribution in [2.24, 2.45) is 0 Å². The van der Waals surface area contributed by atoms with Crippen molar-refractivity contribution in [1.29, 1.82) is 0 Å². The maximum atomic E-state index is 12.2. The Labute approximate surface area is 79.7 Å². The van der Waals surface area contributed by atoms with Gasteiger partial charge in [-0.1, -0.05) is 17.8 Å². The van der Waals surface area contributed by atoms with Crippen LogP contribution in [0.2, 0.25) is 0 Å². The zero-order chi connectivity index (χ0) is 9.90. The van der Waals surface area contributed by atoms with Gasteiger partial charge in [0.05, 0.1) is 5.70 Å². The topological polar surface area (TPSA) is 49.3 Å². The number of allylic oxidation sites excluding steroid dienone is 1. The van der Waals surface area contributed by atoms with E-state index in [2.05, 4.69) is 11.9 Å². The molecule has 13 heavy (non-hydrogen) atoms. The lowest BCUT2D eigenvalue weighted by Gasteiger charge is -2.23. The fourth-order valence-corrected chi connectivity index (χ4v) is 2.02. The van der Waals surface area contributed by atoms with E-state index in [9.17, 15) is 9.18 Å². The molecule has 72 valence electrons. The smallest absolute Gasteiger partial charge is 0.340 e. The molecule has 1 aliphatic rings. The highest BCUT2D eigenvalue weighted by atomic mass is 32.2. The van der Waals surface area contributed by atoms with Gasteiger partial charge in [0.15, 0.2) is 4.87 Å². The molecule has 0 aromatic carbocycles. The van der Waals surface area contributed by atoms with Crippen LogP contribution < -0.4 is 5.32 Å². The average Bonchev–Trinajstić information content (AvgIpc) is 2.50. The summed E-state index contributed by atoms with van der Waals surface area (Å²) in [5.74, 6) is -1.00. The van der Waals surface area contributed by atoms with Crippen LogP contribution in [0.15, 0.2) is 23.8 Å². The Bertz CT molecular complexity index is 267. The highest BCUT2D eigenvalue weighted by Gasteiger charge is 2.41. The molecule has 0 radical (unpaired) electrons.